The maximum Gasteiger partial charge on any atom is 0.153 e. The van der Waals surface area contributed by atoms with Gasteiger partial charge in [0.25, 0.3) is 0 Å². The molecule has 2 aromatic rings. The molecule has 4 nitrogen and oxygen atoms in total. The van der Waals surface area contributed by atoms with Crippen LogP contribution in [0.1, 0.15) is 21.5 Å². The van der Waals surface area contributed by atoms with Crippen molar-refractivity contribution in [2.75, 3.05) is 0 Å². The summed E-state index contributed by atoms with van der Waals surface area (Å²) in [6.45, 7) is 0.597. The molecule has 0 N–H and O–H groups in total. The van der Waals surface area contributed by atoms with Crippen LogP contribution in [0.5, 0.6) is 0 Å². The minimum atomic E-state index is 0.564. The highest BCUT2D eigenvalue weighted by molar-refractivity contribution is 5.73. The Morgan fingerprint density at radius 2 is 2.12 bits per heavy atom. The molecule has 0 unspecified atom stereocenters. The zero-order valence-corrected chi connectivity index (χ0v) is 8.50. The second kappa shape index (κ2) is 4.41. The largest absolute Gasteiger partial charge is 0.298 e. The van der Waals surface area contributed by atoms with E-state index < -0.39 is 0 Å². The molecule has 0 spiro atoms. The molecule has 1 heterocycles. The number of rotatable bonds is 3. The number of benzene rings is 1. The molecule has 2 rings (SSSR count). The van der Waals surface area contributed by atoms with E-state index in [4.69, 9.17) is 5.26 Å². The number of hydrogen-bond acceptors (Lipinski definition) is 3. The topological polar surface area (TPSA) is 58.7 Å². The van der Waals surface area contributed by atoms with Gasteiger partial charge in [-0.1, -0.05) is 12.1 Å². The van der Waals surface area contributed by atoms with Gasteiger partial charge in [-0.2, -0.15) is 10.4 Å². The molecule has 0 saturated heterocycles. The van der Waals surface area contributed by atoms with E-state index in [0.29, 0.717) is 17.7 Å². The zero-order valence-electron chi connectivity index (χ0n) is 8.50. The monoisotopic (exact) mass is 211 g/mol. The Labute approximate surface area is 92.7 Å². The second-order valence-corrected chi connectivity index (χ2v) is 3.40. The maximum atomic E-state index is 10.5. The van der Waals surface area contributed by atoms with E-state index in [-0.39, 0.29) is 0 Å². The quantitative estimate of drug-likeness (QED) is 0.725. The molecule has 0 aliphatic carbocycles. The highest BCUT2D eigenvalue weighted by Crippen LogP contribution is 2.05. The van der Waals surface area contributed by atoms with Crippen molar-refractivity contribution in [3.63, 3.8) is 0 Å². The lowest BCUT2D eigenvalue weighted by atomic mass is 10.1. The van der Waals surface area contributed by atoms with E-state index in [9.17, 15) is 4.79 Å². The van der Waals surface area contributed by atoms with Crippen molar-refractivity contribution >= 4 is 6.29 Å². The van der Waals surface area contributed by atoms with Crippen molar-refractivity contribution < 1.29 is 4.79 Å². The highest BCUT2D eigenvalue weighted by atomic mass is 16.1. The van der Waals surface area contributed by atoms with E-state index in [1.165, 1.54) is 6.20 Å². The van der Waals surface area contributed by atoms with Crippen molar-refractivity contribution in [3.05, 3.63) is 53.3 Å². The van der Waals surface area contributed by atoms with E-state index in [0.717, 1.165) is 11.8 Å². The second-order valence-electron chi connectivity index (χ2n) is 3.40. The lowest BCUT2D eigenvalue weighted by Gasteiger charge is -2.01. The predicted molar refractivity (Wildman–Crippen MR) is 57.9 cm³/mol. The Hall–Kier alpha value is -2.41. The van der Waals surface area contributed by atoms with Crippen LogP contribution in [0.25, 0.3) is 0 Å². The van der Waals surface area contributed by atoms with Crippen molar-refractivity contribution in [1.29, 1.82) is 5.26 Å². The summed E-state index contributed by atoms with van der Waals surface area (Å²) >= 11 is 0. The first-order valence-corrected chi connectivity index (χ1v) is 4.78. The molecule has 16 heavy (non-hydrogen) atoms. The molecular formula is C12H9N3O. The Kier molecular flexibility index (Phi) is 2.79. The smallest absolute Gasteiger partial charge is 0.153 e. The number of carbonyl (C=O) groups is 1. The fourth-order valence-electron chi connectivity index (χ4n) is 1.40. The summed E-state index contributed by atoms with van der Waals surface area (Å²) in [5, 5.41) is 12.7. The molecule has 1 aromatic heterocycles. The summed E-state index contributed by atoms with van der Waals surface area (Å²) < 4.78 is 1.69. The molecule has 0 atom stereocenters. The van der Waals surface area contributed by atoms with Crippen LogP contribution in [0.4, 0.5) is 0 Å². The Balaban J connectivity index is 2.14. The van der Waals surface area contributed by atoms with Gasteiger partial charge in [0.05, 0.1) is 29.9 Å². The Bertz CT molecular complexity index is 534. The van der Waals surface area contributed by atoms with Gasteiger partial charge in [-0.3, -0.25) is 9.48 Å². The molecule has 0 aliphatic rings. The number of nitrogens with zero attached hydrogens (tertiary/aromatic N) is 3. The van der Waals surface area contributed by atoms with Gasteiger partial charge in [0.1, 0.15) is 0 Å². The molecule has 0 fully saturated rings. The van der Waals surface area contributed by atoms with Crippen LogP contribution in [0.2, 0.25) is 0 Å². The average molecular weight is 211 g/mol. The first kappa shape index (κ1) is 10.1. The number of aldehydes is 1. The van der Waals surface area contributed by atoms with Gasteiger partial charge in [-0.25, -0.2) is 0 Å². The van der Waals surface area contributed by atoms with Crippen LogP contribution < -0.4 is 0 Å². The van der Waals surface area contributed by atoms with Crippen molar-refractivity contribution in [3.8, 4) is 6.07 Å². The standard InChI is InChI=1S/C12H9N3O/c13-5-10-1-3-11(4-2-10)7-15-8-12(9-16)6-14-15/h1-4,6,8-9H,7H2. The predicted octanol–water partition coefficient (Wildman–Crippen LogP) is 1.62. The maximum absolute atomic E-state index is 10.5. The molecule has 0 bridgehead atoms. The number of nitriles is 1. The van der Waals surface area contributed by atoms with E-state index in [2.05, 4.69) is 11.2 Å². The average Bonchev–Trinajstić information content (AvgIpc) is 2.78. The number of carbonyl (C=O) groups excluding carboxylic acids is 1. The summed E-state index contributed by atoms with van der Waals surface area (Å²) in [5.41, 5.74) is 2.24. The third-order valence-electron chi connectivity index (χ3n) is 2.22. The first-order valence-electron chi connectivity index (χ1n) is 4.78. The lowest BCUT2D eigenvalue weighted by Crippen LogP contribution is -1.99. The third kappa shape index (κ3) is 2.15. The van der Waals surface area contributed by atoms with Gasteiger partial charge in [-0.05, 0) is 17.7 Å². The van der Waals surface area contributed by atoms with Crippen LogP contribution in [-0.4, -0.2) is 16.1 Å². The normalized spacial score (nSPS) is 9.69. The lowest BCUT2D eigenvalue weighted by molar-refractivity contribution is 0.112. The van der Waals surface area contributed by atoms with Crippen LogP contribution in [0.15, 0.2) is 36.7 Å². The number of hydrogen-bond donors (Lipinski definition) is 0. The van der Waals surface area contributed by atoms with Crippen molar-refractivity contribution in [2.45, 2.75) is 6.54 Å². The van der Waals surface area contributed by atoms with Gasteiger partial charge in [0.2, 0.25) is 0 Å². The van der Waals surface area contributed by atoms with Gasteiger partial charge >= 0.3 is 0 Å². The summed E-state index contributed by atoms with van der Waals surface area (Å²) in [5.74, 6) is 0. The molecule has 1 aromatic carbocycles. The summed E-state index contributed by atoms with van der Waals surface area (Å²) in [4.78, 5) is 10.5. The molecule has 0 amide bonds. The third-order valence-corrected chi connectivity index (χ3v) is 2.22. The SMILES string of the molecule is N#Cc1ccc(Cn2cc(C=O)cn2)cc1. The van der Waals surface area contributed by atoms with Gasteiger partial charge in [0.15, 0.2) is 6.29 Å². The molecule has 0 aliphatic heterocycles. The van der Waals surface area contributed by atoms with E-state index in [1.54, 1.807) is 23.0 Å². The summed E-state index contributed by atoms with van der Waals surface area (Å²) in [6.07, 6.45) is 3.98. The van der Waals surface area contributed by atoms with E-state index >= 15 is 0 Å². The van der Waals surface area contributed by atoms with Crippen LogP contribution in [-0.2, 0) is 6.54 Å². The van der Waals surface area contributed by atoms with Crippen molar-refractivity contribution in [1.82, 2.24) is 9.78 Å². The fraction of sp³-hybridized carbons (Fsp3) is 0.0833. The molecule has 4 heteroatoms. The number of aromatic nitrogens is 2. The van der Waals surface area contributed by atoms with Crippen molar-refractivity contribution in [2.24, 2.45) is 0 Å². The minimum Gasteiger partial charge on any atom is -0.298 e. The fourth-order valence-corrected chi connectivity index (χ4v) is 1.40. The minimum absolute atomic E-state index is 0.564. The molecule has 0 saturated carbocycles. The van der Waals surface area contributed by atoms with Crippen LogP contribution in [0.3, 0.4) is 0 Å². The molecular weight excluding hydrogens is 202 g/mol. The van der Waals surface area contributed by atoms with E-state index in [1.807, 2.05) is 12.1 Å². The van der Waals surface area contributed by atoms with Gasteiger partial charge in [-0.15, -0.1) is 0 Å². The highest BCUT2D eigenvalue weighted by Gasteiger charge is 1.98. The zero-order chi connectivity index (χ0) is 11.4. The molecule has 0 radical (unpaired) electrons. The first-order chi connectivity index (χ1) is 7.81. The van der Waals surface area contributed by atoms with Gasteiger partial charge < -0.3 is 0 Å². The Morgan fingerprint density at radius 1 is 1.38 bits per heavy atom. The van der Waals surface area contributed by atoms with Crippen LogP contribution in [0, 0.1) is 11.3 Å². The summed E-state index contributed by atoms with van der Waals surface area (Å²) in [6, 6.07) is 9.34. The summed E-state index contributed by atoms with van der Waals surface area (Å²) in [7, 11) is 0. The Morgan fingerprint density at radius 3 is 2.69 bits per heavy atom. The molecule has 78 valence electrons. The van der Waals surface area contributed by atoms with Gasteiger partial charge in [0, 0.05) is 6.20 Å². The van der Waals surface area contributed by atoms with Crippen LogP contribution >= 0.6 is 0 Å².